The third-order valence-corrected chi connectivity index (χ3v) is 2.62. The van der Waals surface area contributed by atoms with Crippen molar-refractivity contribution in [2.75, 3.05) is 13.7 Å². The molecule has 0 aromatic carbocycles. The summed E-state index contributed by atoms with van der Waals surface area (Å²) < 4.78 is 15.2. The molecule has 1 aliphatic carbocycles. The van der Waals surface area contributed by atoms with Gasteiger partial charge in [-0.1, -0.05) is 6.42 Å². The summed E-state index contributed by atoms with van der Waals surface area (Å²) in [6.45, 7) is 1.72. The summed E-state index contributed by atoms with van der Waals surface area (Å²) in [5, 5.41) is 0. The van der Waals surface area contributed by atoms with Crippen LogP contribution in [0, 0.1) is 0 Å². The van der Waals surface area contributed by atoms with Crippen LogP contribution in [-0.2, 0) is 19.0 Å². The minimum Gasteiger partial charge on any atom is -0.461 e. The molecule has 0 radical (unpaired) electrons. The molecule has 1 atom stereocenters. The Bertz CT molecular complexity index is 187. The smallest absolute Gasteiger partial charge is 0.332 e. The molecular formula is C11H20O4. The third kappa shape index (κ3) is 5.14. The molecule has 0 heterocycles. The van der Waals surface area contributed by atoms with Gasteiger partial charge in [-0.05, 0) is 32.6 Å². The van der Waals surface area contributed by atoms with Gasteiger partial charge < -0.3 is 14.2 Å². The molecule has 0 spiro atoms. The van der Waals surface area contributed by atoms with E-state index < -0.39 is 0 Å². The Hall–Kier alpha value is -0.610. The van der Waals surface area contributed by atoms with Crippen LogP contribution in [-0.4, -0.2) is 32.1 Å². The van der Waals surface area contributed by atoms with Gasteiger partial charge in [0.25, 0.3) is 0 Å². The maximum Gasteiger partial charge on any atom is 0.332 e. The van der Waals surface area contributed by atoms with Crippen LogP contribution >= 0.6 is 0 Å². The van der Waals surface area contributed by atoms with Crippen molar-refractivity contribution in [1.82, 2.24) is 0 Å². The first-order valence-corrected chi connectivity index (χ1v) is 5.56. The van der Waals surface area contributed by atoms with Gasteiger partial charge in [-0.2, -0.15) is 0 Å². The molecule has 0 amide bonds. The van der Waals surface area contributed by atoms with Gasteiger partial charge in [-0.25, -0.2) is 4.79 Å². The van der Waals surface area contributed by atoms with E-state index in [1.54, 1.807) is 6.92 Å². The molecule has 15 heavy (non-hydrogen) atoms. The molecule has 0 aliphatic heterocycles. The fourth-order valence-corrected chi connectivity index (χ4v) is 1.66. The first kappa shape index (κ1) is 12.5. The second-order valence-electron chi connectivity index (χ2n) is 3.86. The molecule has 4 heteroatoms. The predicted molar refractivity (Wildman–Crippen MR) is 55.4 cm³/mol. The van der Waals surface area contributed by atoms with E-state index >= 15 is 0 Å². The van der Waals surface area contributed by atoms with Crippen molar-refractivity contribution < 1.29 is 19.0 Å². The molecule has 0 aromatic heterocycles. The van der Waals surface area contributed by atoms with Crippen LogP contribution in [0.3, 0.4) is 0 Å². The van der Waals surface area contributed by atoms with E-state index in [-0.39, 0.29) is 25.0 Å². The highest BCUT2D eigenvalue weighted by atomic mass is 16.7. The number of carbonyl (C=O) groups is 1. The maximum absolute atomic E-state index is 11.3. The highest BCUT2D eigenvalue weighted by Gasteiger charge is 2.17. The SMILES string of the molecule is COC(C)OCC(=O)OC1CCCCC1. The van der Waals surface area contributed by atoms with Crippen LogP contribution in [0.2, 0.25) is 0 Å². The molecule has 1 rings (SSSR count). The predicted octanol–water partition coefficient (Wildman–Crippen LogP) is 1.87. The lowest BCUT2D eigenvalue weighted by molar-refractivity contribution is -0.169. The lowest BCUT2D eigenvalue weighted by atomic mass is 9.98. The van der Waals surface area contributed by atoms with Gasteiger partial charge in [0.2, 0.25) is 0 Å². The number of hydrogen-bond acceptors (Lipinski definition) is 4. The fourth-order valence-electron chi connectivity index (χ4n) is 1.66. The van der Waals surface area contributed by atoms with Gasteiger partial charge in [0.15, 0.2) is 6.29 Å². The van der Waals surface area contributed by atoms with Crippen molar-refractivity contribution in [2.24, 2.45) is 0 Å². The number of rotatable bonds is 5. The van der Waals surface area contributed by atoms with E-state index in [4.69, 9.17) is 14.2 Å². The van der Waals surface area contributed by atoms with Crippen LogP contribution in [0.25, 0.3) is 0 Å². The molecule has 1 unspecified atom stereocenters. The van der Waals surface area contributed by atoms with E-state index in [1.165, 1.54) is 13.5 Å². The minimum atomic E-state index is -0.357. The highest BCUT2D eigenvalue weighted by Crippen LogP contribution is 2.20. The van der Waals surface area contributed by atoms with E-state index in [1.807, 2.05) is 0 Å². The standard InChI is InChI=1S/C11H20O4/c1-9(13-2)14-8-11(12)15-10-6-4-3-5-7-10/h9-10H,3-8H2,1-2H3. The summed E-state index contributed by atoms with van der Waals surface area (Å²) in [4.78, 5) is 11.3. The average molecular weight is 216 g/mol. The zero-order valence-corrected chi connectivity index (χ0v) is 9.53. The molecule has 1 fully saturated rings. The van der Waals surface area contributed by atoms with Gasteiger partial charge >= 0.3 is 5.97 Å². The normalized spacial score (nSPS) is 19.9. The summed E-state index contributed by atoms with van der Waals surface area (Å²) in [5.74, 6) is -0.286. The second-order valence-corrected chi connectivity index (χ2v) is 3.86. The molecule has 1 saturated carbocycles. The van der Waals surface area contributed by atoms with Crippen LogP contribution in [0.4, 0.5) is 0 Å². The van der Waals surface area contributed by atoms with Gasteiger partial charge in [-0.15, -0.1) is 0 Å². The van der Waals surface area contributed by atoms with E-state index in [9.17, 15) is 4.79 Å². The minimum absolute atomic E-state index is 0.0223. The number of carbonyl (C=O) groups excluding carboxylic acids is 1. The van der Waals surface area contributed by atoms with Crippen molar-refractivity contribution in [3.63, 3.8) is 0 Å². The lowest BCUT2D eigenvalue weighted by Gasteiger charge is -2.22. The maximum atomic E-state index is 11.3. The Morgan fingerprint density at radius 3 is 2.60 bits per heavy atom. The lowest BCUT2D eigenvalue weighted by Crippen LogP contribution is -2.25. The van der Waals surface area contributed by atoms with Crippen molar-refractivity contribution in [1.29, 1.82) is 0 Å². The summed E-state index contributed by atoms with van der Waals surface area (Å²) in [7, 11) is 1.54. The largest absolute Gasteiger partial charge is 0.461 e. The van der Waals surface area contributed by atoms with Crippen molar-refractivity contribution in [3.05, 3.63) is 0 Å². The van der Waals surface area contributed by atoms with Crippen molar-refractivity contribution in [3.8, 4) is 0 Å². The van der Waals surface area contributed by atoms with Gasteiger partial charge in [0, 0.05) is 7.11 Å². The van der Waals surface area contributed by atoms with Gasteiger partial charge in [0.05, 0.1) is 0 Å². The Balaban J connectivity index is 2.11. The Morgan fingerprint density at radius 2 is 2.00 bits per heavy atom. The molecule has 1 aliphatic rings. The van der Waals surface area contributed by atoms with Gasteiger partial charge in [0.1, 0.15) is 12.7 Å². The topological polar surface area (TPSA) is 44.8 Å². The summed E-state index contributed by atoms with van der Waals surface area (Å²) in [6, 6.07) is 0. The molecule has 0 aromatic rings. The monoisotopic (exact) mass is 216 g/mol. The van der Waals surface area contributed by atoms with Crippen LogP contribution in [0.15, 0.2) is 0 Å². The summed E-state index contributed by atoms with van der Waals surface area (Å²) in [6.07, 6.45) is 5.31. The second kappa shape index (κ2) is 6.80. The number of methoxy groups -OCH3 is 1. The molecule has 0 saturated heterocycles. The van der Waals surface area contributed by atoms with Crippen LogP contribution < -0.4 is 0 Å². The molecular weight excluding hydrogens is 196 g/mol. The zero-order chi connectivity index (χ0) is 11.1. The number of esters is 1. The van der Waals surface area contributed by atoms with Crippen molar-refractivity contribution in [2.45, 2.75) is 51.4 Å². The Labute approximate surface area is 90.9 Å². The molecule has 0 N–H and O–H groups in total. The fraction of sp³-hybridized carbons (Fsp3) is 0.909. The van der Waals surface area contributed by atoms with E-state index in [2.05, 4.69) is 0 Å². The van der Waals surface area contributed by atoms with Crippen LogP contribution in [0.5, 0.6) is 0 Å². The third-order valence-electron chi connectivity index (χ3n) is 2.62. The summed E-state index contributed by atoms with van der Waals surface area (Å²) in [5.41, 5.74) is 0. The van der Waals surface area contributed by atoms with E-state index in [0.717, 1.165) is 25.7 Å². The number of ether oxygens (including phenoxy) is 3. The zero-order valence-electron chi connectivity index (χ0n) is 9.53. The first-order chi connectivity index (χ1) is 7.22. The first-order valence-electron chi connectivity index (χ1n) is 5.56. The number of hydrogen-bond donors (Lipinski definition) is 0. The van der Waals surface area contributed by atoms with Crippen molar-refractivity contribution >= 4 is 5.97 Å². The highest BCUT2D eigenvalue weighted by molar-refractivity contribution is 5.70. The molecule has 0 bridgehead atoms. The van der Waals surface area contributed by atoms with Crippen LogP contribution in [0.1, 0.15) is 39.0 Å². The van der Waals surface area contributed by atoms with E-state index in [0.29, 0.717) is 0 Å². The average Bonchev–Trinajstić information content (AvgIpc) is 2.27. The Kier molecular flexibility index (Phi) is 5.65. The quantitative estimate of drug-likeness (QED) is 0.520. The molecule has 88 valence electrons. The summed E-state index contributed by atoms with van der Waals surface area (Å²) >= 11 is 0. The Morgan fingerprint density at radius 1 is 1.33 bits per heavy atom. The molecule has 4 nitrogen and oxygen atoms in total. The van der Waals surface area contributed by atoms with Gasteiger partial charge in [-0.3, -0.25) is 0 Å².